The Morgan fingerprint density at radius 1 is 1.44 bits per heavy atom. The van der Waals surface area contributed by atoms with Gasteiger partial charge in [-0.25, -0.2) is 0 Å². The van der Waals surface area contributed by atoms with Gasteiger partial charge in [-0.3, -0.25) is 4.79 Å². The van der Waals surface area contributed by atoms with E-state index >= 15 is 0 Å². The van der Waals surface area contributed by atoms with Crippen molar-refractivity contribution in [1.29, 1.82) is 0 Å². The second-order valence-electron chi connectivity index (χ2n) is 5.16. The monoisotopic (exact) mass is 328 g/mol. The Bertz CT molecular complexity index is 444. The predicted molar refractivity (Wildman–Crippen MR) is 79.0 cm³/mol. The lowest BCUT2D eigenvalue weighted by molar-refractivity contribution is -0.122. The van der Waals surface area contributed by atoms with Crippen molar-refractivity contribution >= 4 is 33.3 Å². The van der Waals surface area contributed by atoms with Crippen LogP contribution in [0.5, 0.6) is 0 Å². The van der Waals surface area contributed by atoms with Crippen LogP contribution >= 0.6 is 27.5 Å². The van der Waals surface area contributed by atoms with Crippen LogP contribution in [0.4, 0.5) is 0 Å². The molecule has 1 fully saturated rings. The molecule has 0 N–H and O–H groups in total. The standard InChI is InChI=1S/C15H18BrClO/c1-2-10-3-4-12(7-10)15(18)8-11-5-6-13(16)9-14(11)17/h5-6,9-10,12H,2-4,7-8H2,1H3. The maximum Gasteiger partial charge on any atom is 0.140 e. The summed E-state index contributed by atoms with van der Waals surface area (Å²) in [5.41, 5.74) is 0.949. The first-order valence-electron chi connectivity index (χ1n) is 6.56. The van der Waals surface area contributed by atoms with Gasteiger partial charge in [0.1, 0.15) is 5.78 Å². The molecule has 0 aromatic heterocycles. The van der Waals surface area contributed by atoms with Gasteiger partial charge < -0.3 is 0 Å². The minimum Gasteiger partial charge on any atom is -0.299 e. The van der Waals surface area contributed by atoms with E-state index in [0.29, 0.717) is 17.2 Å². The first kappa shape index (κ1) is 14.1. The van der Waals surface area contributed by atoms with E-state index in [1.54, 1.807) is 0 Å². The average Bonchev–Trinajstić information content (AvgIpc) is 2.81. The molecule has 2 atom stereocenters. The van der Waals surface area contributed by atoms with Crippen molar-refractivity contribution in [3.8, 4) is 0 Å². The number of carbonyl (C=O) groups is 1. The fourth-order valence-electron chi connectivity index (χ4n) is 2.74. The van der Waals surface area contributed by atoms with Crippen LogP contribution in [0.15, 0.2) is 22.7 Å². The molecular weight excluding hydrogens is 312 g/mol. The van der Waals surface area contributed by atoms with Gasteiger partial charge in [0.2, 0.25) is 0 Å². The zero-order valence-corrected chi connectivity index (χ0v) is 12.9. The molecule has 0 saturated heterocycles. The molecule has 18 heavy (non-hydrogen) atoms. The SMILES string of the molecule is CCC1CCC(C(=O)Cc2ccc(Br)cc2Cl)C1. The number of Topliss-reactive ketones (excluding diaryl/α,β-unsaturated/α-hetero) is 1. The summed E-state index contributed by atoms with van der Waals surface area (Å²) in [6, 6.07) is 5.74. The van der Waals surface area contributed by atoms with Crippen molar-refractivity contribution in [3.05, 3.63) is 33.3 Å². The number of carbonyl (C=O) groups excluding carboxylic acids is 1. The van der Waals surface area contributed by atoms with E-state index in [2.05, 4.69) is 22.9 Å². The number of hydrogen-bond acceptors (Lipinski definition) is 1. The summed E-state index contributed by atoms with van der Waals surface area (Å²) in [6.45, 7) is 2.21. The third kappa shape index (κ3) is 3.36. The van der Waals surface area contributed by atoms with Crippen molar-refractivity contribution in [1.82, 2.24) is 0 Å². The smallest absolute Gasteiger partial charge is 0.140 e. The number of hydrogen-bond donors (Lipinski definition) is 0. The van der Waals surface area contributed by atoms with Gasteiger partial charge in [0.25, 0.3) is 0 Å². The molecule has 1 aromatic carbocycles. The maximum absolute atomic E-state index is 12.2. The van der Waals surface area contributed by atoms with E-state index in [1.165, 1.54) is 12.8 Å². The molecule has 2 unspecified atom stereocenters. The molecule has 2 rings (SSSR count). The second kappa shape index (κ2) is 6.21. The second-order valence-corrected chi connectivity index (χ2v) is 6.49. The highest BCUT2D eigenvalue weighted by molar-refractivity contribution is 9.10. The minimum absolute atomic E-state index is 0.259. The lowest BCUT2D eigenvalue weighted by Crippen LogP contribution is -2.14. The van der Waals surface area contributed by atoms with Gasteiger partial charge >= 0.3 is 0 Å². The number of halogens is 2. The Hall–Kier alpha value is -0.340. The summed E-state index contributed by atoms with van der Waals surface area (Å²) in [6.07, 6.45) is 5.02. The van der Waals surface area contributed by atoms with E-state index in [0.717, 1.165) is 28.8 Å². The summed E-state index contributed by atoms with van der Waals surface area (Å²) >= 11 is 9.53. The van der Waals surface area contributed by atoms with Crippen LogP contribution < -0.4 is 0 Å². The topological polar surface area (TPSA) is 17.1 Å². The van der Waals surface area contributed by atoms with Gasteiger partial charge in [0.15, 0.2) is 0 Å². The third-order valence-electron chi connectivity index (χ3n) is 3.95. The van der Waals surface area contributed by atoms with Crippen LogP contribution in [0.2, 0.25) is 5.02 Å². The van der Waals surface area contributed by atoms with Gasteiger partial charge in [-0.2, -0.15) is 0 Å². The van der Waals surface area contributed by atoms with Crippen molar-refractivity contribution < 1.29 is 4.79 Å². The molecule has 0 spiro atoms. The summed E-state index contributed by atoms with van der Waals surface area (Å²) in [4.78, 5) is 12.2. The first-order valence-corrected chi connectivity index (χ1v) is 7.74. The summed E-state index contributed by atoms with van der Waals surface area (Å²) < 4.78 is 0.954. The number of ketones is 1. The molecule has 0 amide bonds. The van der Waals surface area contributed by atoms with Crippen LogP contribution in [0.1, 0.15) is 38.2 Å². The third-order valence-corrected chi connectivity index (χ3v) is 4.80. The fraction of sp³-hybridized carbons (Fsp3) is 0.533. The quantitative estimate of drug-likeness (QED) is 0.756. The lowest BCUT2D eigenvalue weighted by atomic mass is 9.95. The van der Waals surface area contributed by atoms with E-state index in [1.807, 2.05) is 18.2 Å². The zero-order chi connectivity index (χ0) is 13.1. The van der Waals surface area contributed by atoms with Gasteiger partial charge in [-0.1, -0.05) is 46.9 Å². The normalized spacial score (nSPS) is 23.3. The molecule has 0 aliphatic heterocycles. The summed E-state index contributed by atoms with van der Waals surface area (Å²) in [7, 11) is 0. The van der Waals surface area contributed by atoms with Gasteiger partial charge in [0.05, 0.1) is 0 Å². The van der Waals surface area contributed by atoms with Gasteiger partial charge in [-0.15, -0.1) is 0 Å². The average molecular weight is 330 g/mol. The highest BCUT2D eigenvalue weighted by atomic mass is 79.9. The Morgan fingerprint density at radius 2 is 2.22 bits per heavy atom. The van der Waals surface area contributed by atoms with Crippen LogP contribution in [0, 0.1) is 11.8 Å². The Labute approximate surface area is 122 Å². The van der Waals surface area contributed by atoms with Crippen molar-refractivity contribution in [2.24, 2.45) is 11.8 Å². The molecule has 1 aliphatic carbocycles. The summed E-state index contributed by atoms with van der Waals surface area (Å²) in [5, 5.41) is 0.683. The van der Waals surface area contributed by atoms with Crippen LogP contribution in [0.25, 0.3) is 0 Å². The summed E-state index contributed by atoms with van der Waals surface area (Å²) in [5.74, 6) is 1.36. The van der Waals surface area contributed by atoms with E-state index < -0.39 is 0 Å². The number of rotatable bonds is 4. The van der Waals surface area contributed by atoms with Gasteiger partial charge in [-0.05, 0) is 42.9 Å². The van der Waals surface area contributed by atoms with Crippen LogP contribution in [-0.4, -0.2) is 5.78 Å². The highest BCUT2D eigenvalue weighted by Gasteiger charge is 2.28. The van der Waals surface area contributed by atoms with E-state index in [4.69, 9.17) is 11.6 Å². The Morgan fingerprint density at radius 3 is 2.83 bits per heavy atom. The molecule has 0 heterocycles. The minimum atomic E-state index is 0.259. The van der Waals surface area contributed by atoms with Crippen molar-refractivity contribution in [2.75, 3.05) is 0 Å². The van der Waals surface area contributed by atoms with Crippen LogP contribution in [0.3, 0.4) is 0 Å². The predicted octanol–water partition coefficient (Wildman–Crippen LogP) is 5.04. The lowest BCUT2D eigenvalue weighted by Gasteiger charge is -2.10. The molecule has 3 heteroatoms. The molecule has 0 bridgehead atoms. The Balaban J connectivity index is 1.99. The molecular formula is C15H18BrClO. The number of benzene rings is 1. The van der Waals surface area contributed by atoms with Crippen LogP contribution in [-0.2, 0) is 11.2 Å². The maximum atomic E-state index is 12.2. The molecule has 98 valence electrons. The molecule has 1 aromatic rings. The molecule has 1 nitrogen and oxygen atoms in total. The van der Waals surface area contributed by atoms with Crippen molar-refractivity contribution in [2.45, 2.75) is 39.0 Å². The largest absolute Gasteiger partial charge is 0.299 e. The van der Waals surface area contributed by atoms with Crippen molar-refractivity contribution in [3.63, 3.8) is 0 Å². The fourth-order valence-corrected chi connectivity index (χ4v) is 3.48. The molecule has 1 saturated carbocycles. The van der Waals surface area contributed by atoms with E-state index in [-0.39, 0.29) is 5.92 Å². The molecule has 1 aliphatic rings. The van der Waals surface area contributed by atoms with Gasteiger partial charge in [0, 0.05) is 21.8 Å². The molecule has 0 radical (unpaired) electrons. The van der Waals surface area contributed by atoms with E-state index in [9.17, 15) is 4.79 Å². The zero-order valence-electron chi connectivity index (χ0n) is 10.6. The first-order chi connectivity index (χ1) is 8.60. The highest BCUT2D eigenvalue weighted by Crippen LogP contribution is 2.34. The Kier molecular flexibility index (Phi) is 4.85.